The molecule has 3 heteroatoms. The lowest BCUT2D eigenvalue weighted by molar-refractivity contribution is 1.25. The molecule has 5 aromatic rings. The van der Waals surface area contributed by atoms with E-state index in [9.17, 15) is 0 Å². The van der Waals surface area contributed by atoms with Crippen molar-refractivity contribution in [1.29, 1.82) is 0 Å². The number of benzene rings is 4. The molecular formula is C27H21NS2. The fourth-order valence-electron chi connectivity index (χ4n) is 3.82. The Labute approximate surface area is 185 Å². The number of fused-ring (bicyclic) bond motifs is 2. The van der Waals surface area contributed by atoms with E-state index in [1.165, 1.54) is 32.2 Å². The maximum atomic E-state index is 5.01. The molecule has 0 N–H and O–H groups in total. The van der Waals surface area contributed by atoms with Crippen LogP contribution >= 0.6 is 23.1 Å². The Kier molecular flexibility index (Phi) is 5.39. The molecule has 0 fully saturated rings. The average molecular weight is 424 g/mol. The monoisotopic (exact) mass is 423 g/mol. The Morgan fingerprint density at radius 1 is 0.833 bits per heavy atom. The first-order chi connectivity index (χ1) is 14.8. The van der Waals surface area contributed by atoms with Crippen molar-refractivity contribution in [2.45, 2.75) is 5.25 Å². The van der Waals surface area contributed by atoms with Gasteiger partial charge in [-0.05, 0) is 40.3 Å². The van der Waals surface area contributed by atoms with Crippen LogP contribution in [-0.2, 0) is 0 Å². The number of hydrogen-bond donors (Lipinski definition) is 0. The van der Waals surface area contributed by atoms with Crippen LogP contribution in [0.3, 0.4) is 0 Å². The summed E-state index contributed by atoms with van der Waals surface area (Å²) in [7, 11) is 0. The summed E-state index contributed by atoms with van der Waals surface area (Å²) < 4.78 is 1.23. The van der Waals surface area contributed by atoms with Gasteiger partial charge in [-0.2, -0.15) is 11.8 Å². The SMILES string of the molecule is CSC(/C=C/c1ccccc1)c1ccc2ccccc2c1-c1nc2ccccc2s1. The maximum absolute atomic E-state index is 5.01. The Balaban J connectivity index is 1.69. The lowest BCUT2D eigenvalue weighted by atomic mass is 9.96. The summed E-state index contributed by atoms with van der Waals surface area (Å²) in [5.41, 5.74) is 4.86. The van der Waals surface area contributed by atoms with Crippen molar-refractivity contribution >= 4 is 50.2 Å². The summed E-state index contributed by atoms with van der Waals surface area (Å²) in [6, 6.07) is 32.0. The van der Waals surface area contributed by atoms with Crippen LogP contribution < -0.4 is 0 Å². The molecule has 146 valence electrons. The highest BCUT2D eigenvalue weighted by Gasteiger charge is 2.19. The molecule has 1 heterocycles. The summed E-state index contributed by atoms with van der Waals surface area (Å²) in [6.45, 7) is 0. The van der Waals surface area contributed by atoms with Crippen LogP contribution in [0.2, 0.25) is 0 Å². The summed E-state index contributed by atoms with van der Waals surface area (Å²) >= 11 is 3.63. The van der Waals surface area contributed by atoms with Crippen LogP contribution in [0.15, 0.2) is 97.1 Å². The third-order valence-electron chi connectivity index (χ3n) is 5.29. The average Bonchev–Trinajstić information content (AvgIpc) is 3.23. The fourth-order valence-corrected chi connectivity index (χ4v) is 5.55. The van der Waals surface area contributed by atoms with Gasteiger partial charge in [0.05, 0.1) is 10.2 Å². The molecule has 4 aromatic carbocycles. The number of nitrogens with zero attached hydrogens (tertiary/aromatic N) is 1. The highest BCUT2D eigenvalue weighted by Crippen LogP contribution is 2.42. The van der Waals surface area contributed by atoms with Crippen molar-refractivity contribution in [2.24, 2.45) is 0 Å². The minimum Gasteiger partial charge on any atom is -0.236 e. The summed E-state index contributed by atoms with van der Waals surface area (Å²) in [5.74, 6) is 0. The number of aromatic nitrogens is 1. The minimum absolute atomic E-state index is 0.247. The molecule has 0 radical (unpaired) electrons. The van der Waals surface area contributed by atoms with Gasteiger partial charge in [0.25, 0.3) is 0 Å². The van der Waals surface area contributed by atoms with Gasteiger partial charge in [-0.25, -0.2) is 4.98 Å². The van der Waals surface area contributed by atoms with E-state index in [-0.39, 0.29) is 5.25 Å². The van der Waals surface area contributed by atoms with Crippen molar-refractivity contribution < 1.29 is 0 Å². The van der Waals surface area contributed by atoms with Gasteiger partial charge in [0.2, 0.25) is 0 Å². The molecule has 0 bridgehead atoms. The van der Waals surface area contributed by atoms with Crippen molar-refractivity contribution in [1.82, 2.24) is 4.98 Å². The molecule has 0 saturated heterocycles. The van der Waals surface area contributed by atoms with Crippen molar-refractivity contribution in [3.63, 3.8) is 0 Å². The van der Waals surface area contributed by atoms with Crippen LogP contribution in [0.5, 0.6) is 0 Å². The molecule has 1 atom stereocenters. The van der Waals surface area contributed by atoms with Gasteiger partial charge in [0.15, 0.2) is 0 Å². The molecule has 30 heavy (non-hydrogen) atoms. The van der Waals surface area contributed by atoms with Crippen LogP contribution in [0.1, 0.15) is 16.4 Å². The first-order valence-electron chi connectivity index (χ1n) is 9.97. The number of thioether (sulfide) groups is 1. The summed E-state index contributed by atoms with van der Waals surface area (Å²) in [6.07, 6.45) is 6.71. The van der Waals surface area contributed by atoms with Gasteiger partial charge in [-0.3, -0.25) is 0 Å². The second kappa shape index (κ2) is 8.47. The first kappa shape index (κ1) is 19.1. The highest BCUT2D eigenvalue weighted by molar-refractivity contribution is 7.99. The zero-order valence-electron chi connectivity index (χ0n) is 16.7. The van der Waals surface area contributed by atoms with E-state index in [0.29, 0.717) is 0 Å². The van der Waals surface area contributed by atoms with E-state index in [0.717, 1.165) is 10.5 Å². The number of thiazole rings is 1. The normalized spacial score (nSPS) is 12.7. The van der Waals surface area contributed by atoms with Crippen molar-refractivity contribution in [3.05, 3.63) is 108 Å². The van der Waals surface area contributed by atoms with E-state index in [2.05, 4.69) is 109 Å². The summed E-state index contributed by atoms with van der Waals surface area (Å²) in [4.78, 5) is 5.01. The second-order valence-corrected chi connectivity index (χ2v) is 9.17. The third kappa shape index (κ3) is 3.67. The molecule has 0 amide bonds. The highest BCUT2D eigenvalue weighted by atomic mass is 32.2. The van der Waals surface area contributed by atoms with Crippen LogP contribution in [0.4, 0.5) is 0 Å². The Morgan fingerprint density at radius 3 is 2.43 bits per heavy atom. The van der Waals surface area contributed by atoms with Crippen molar-refractivity contribution in [2.75, 3.05) is 6.26 Å². The standard InChI is InChI=1S/C27H21NS2/c1-29-24(18-15-19-9-3-2-4-10-19)22-17-16-20-11-5-6-12-21(20)26(22)27-28-23-13-7-8-14-25(23)30-27/h2-18,24H,1H3/b18-15+. The number of rotatable bonds is 5. The predicted octanol–water partition coefficient (Wildman–Crippen LogP) is 8.23. The van der Waals surface area contributed by atoms with Gasteiger partial charge < -0.3 is 0 Å². The number of para-hydroxylation sites is 1. The quantitative estimate of drug-likeness (QED) is 0.282. The molecule has 1 aromatic heterocycles. The Hall–Kier alpha value is -2.88. The van der Waals surface area contributed by atoms with Gasteiger partial charge in [0, 0.05) is 10.8 Å². The molecule has 1 unspecified atom stereocenters. The zero-order chi connectivity index (χ0) is 20.3. The molecule has 0 aliphatic carbocycles. The minimum atomic E-state index is 0.247. The second-order valence-electron chi connectivity index (χ2n) is 7.16. The molecule has 0 spiro atoms. The van der Waals surface area contributed by atoms with E-state index in [4.69, 9.17) is 4.98 Å². The molecule has 0 aliphatic heterocycles. The lowest BCUT2D eigenvalue weighted by Gasteiger charge is -2.17. The van der Waals surface area contributed by atoms with Crippen LogP contribution in [-0.4, -0.2) is 11.2 Å². The van der Waals surface area contributed by atoms with Crippen LogP contribution in [0.25, 0.3) is 37.6 Å². The zero-order valence-corrected chi connectivity index (χ0v) is 18.3. The predicted molar refractivity (Wildman–Crippen MR) is 134 cm³/mol. The fraction of sp³-hybridized carbons (Fsp3) is 0.0741. The van der Waals surface area contributed by atoms with Gasteiger partial charge in [0.1, 0.15) is 5.01 Å². The molecule has 5 rings (SSSR count). The third-order valence-corrected chi connectivity index (χ3v) is 7.27. The topological polar surface area (TPSA) is 12.9 Å². The number of hydrogen-bond acceptors (Lipinski definition) is 3. The molecule has 0 saturated carbocycles. The summed E-state index contributed by atoms with van der Waals surface area (Å²) in [5, 5.41) is 3.86. The lowest BCUT2D eigenvalue weighted by Crippen LogP contribution is -1.95. The maximum Gasteiger partial charge on any atom is 0.125 e. The Bertz CT molecular complexity index is 1300. The van der Waals surface area contributed by atoms with Crippen molar-refractivity contribution in [3.8, 4) is 10.6 Å². The largest absolute Gasteiger partial charge is 0.236 e. The van der Waals surface area contributed by atoms with Gasteiger partial charge in [-0.15, -0.1) is 11.3 Å². The van der Waals surface area contributed by atoms with Crippen LogP contribution in [0, 0.1) is 0 Å². The van der Waals surface area contributed by atoms with E-state index < -0.39 is 0 Å². The molecule has 0 aliphatic rings. The van der Waals surface area contributed by atoms with E-state index in [1.54, 1.807) is 11.3 Å². The Morgan fingerprint density at radius 2 is 1.60 bits per heavy atom. The molecular weight excluding hydrogens is 402 g/mol. The van der Waals surface area contributed by atoms with E-state index >= 15 is 0 Å². The van der Waals surface area contributed by atoms with Gasteiger partial charge >= 0.3 is 0 Å². The molecule has 1 nitrogen and oxygen atoms in total. The van der Waals surface area contributed by atoms with Gasteiger partial charge in [-0.1, -0.05) is 91.0 Å². The van der Waals surface area contributed by atoms with E-state index in [1.807, 2.05) is 11.8 Å². The smallest absolute Gasteiger partial charge is 0.125 e. The first-order valence-corrected chi connectivity index (χ1v) is 12.1.